The van der Waals surface area contributed by atoms with Crippen molar-refractivity contribution in [1.82, 2.24) is 10.3 Å². The summed E-state index contributed by atoms with van der Waals surface area (Å²) in [6.45, 7) is 15.2. The molecule has 1 fully saturated rings. The molecule has 1 heterocycles. The topological polar surface area (TPSA) is 43.4 Å². The van der Waals surface area contributed by atoms with Crippen molar-refractivity contribution >= 4 is 10.8 Å². The molecule has 0 atom stereocenters. The van der Waals surface area contributed by atoms with E-state index >= 15 is 0 Å². The summed E-state index contributed by atoms with van der Waals surface area (Å²) in [6, 6.07) is 8.52. The Morgan fingerprint density at radius 2 is 1.90 bits per heavy atom. The molecule has 1 aliphatic rings. The van der Waals surface area contributed by atoms with Crippen molar-refractivity contribution in [3.63, 3.8) is 0 Å². The van der Waals surface area contributed by atoms with E-state index in [1.165, 1.54) is 18.2 Å². The zero-order valence-electron chi connectivity index (χ0n) is 19.2. The Morgan fingerprint density at radius 1 is 1.13 bits per heavy atom. The van der Waals surface area contributed by atoms with Crippen LogP contribution in [0.25, 0.3) is 10.8 Å². The largest absolute Gasteiger partial charge is 0.499 e. The zero-order valence-corrected chi connectivity index (χ0v) is 19.2. The first-order valence-corrected chi connectivity index (χ1v) is 11.4. The van der Waals surface area contributed by atoms with Crippen LogP contribution in [0.5, 0.6) is 5.75 Å². The maximum atomic E-state index is 6.32. The average molecular weight is 411 g/mol. The van der Waals surface area contributed by atoms with Crippen molar-refractivity contribution in [3.8, 4) is 5.75 Å². The van der Waals surface area contributed by atoms with E-state index < -0.39 is 0 Å². The van der Waals surface area contributed by atoms with Gasteiger partial charge in [0.2, 0.25) is 0 Å². The molecule has 1 aromatic heterocycles. The number of ether oxygens (including phenoxy) is 2. The highest BCUT2D eigenvalue weighted by molar-refractivity contribution is 5.83. The number of hydrogen-bond donors (Lipinski definition) is 1. The van der Waals surface area contributed by atoms with E-state index in [2.05, 4.69) is 61.9 Å². The lowest BCUT2D eigenvalue weighted by Crippen LogP contribution is -2.30. The molecule has 1 saturated carbocycles. The standard InChI is InChI=1S/C26H38N2O2/c1-6-29-19(2)13-14-27-18-23-15-20-7-10-25(16-21(20)17-28-23)30-24-11-8-22(9-12-24)26(3,4)5/h7,10,15-17,22,24,27H,2,6,8-9,11-14,18H2,1,3-5H3. The predicted octanol–water partition coefficient (Wildman–Crippen LogP) is 6.25. The summed E-state index contributed by atoms with van der Waals surface area (Å²) in [4.78, 5) is 4.61. The summed E-state index contributed by atoms with van der Waals surface area (Å²) in [6.07, 6.45) is 7.94. The maximum absolute atomic E-state index is 6.32. The van der Waals surface area contributed by atoms with E-state index in [1.807, 2.05) is 13.1 Å². The summed E-state index contributed by atoms with van der Waals surface area (Å²) >= 11 is 0. The molecule has 0 spiro atoms. The average Bonchev–Trinajstić information content (AvgIpc) is 2.71. The van der Waals surface area contributed by atoms with Gasteiger partial charge in [-0.15, -0.1) is 0 Å². The van der Waals surface area contributed by atoms with Crippen molar-refractivity contribution in [2.24, 2.45) is 11.3 Å². The van der Waals surface area contributed by atoms with Crippen LogP contribution in [-0.2, 0) is 11.3 Å². The molecular formula is C26H38N2O2. The smallest absolute Gasteiger partial charge is 0.120 e. The molecule has 30 heavy (non-hydrogen) atoms. The van der Waals surface area contributed by atoms with Gasteiger partial charge in [-0.3, -0.25) is 4.98 Å². The molecule has 0 saturated heterocycles. The van der Waals surface area contributed by atoms with Crippen LogP contribution in [0.2, 0.25) is 0 Å². The Morgan fingerprint density at radius 3 is 2.60 bits per heavy atom. The Hall–Kier alpha value is -2.07. The number of rotatable bonds is 9. The summed E-state index contributed by atoms with van der Waals surface area (Å²) in [5.74, 6) is 2.60. The number of nitrogens with zero attached hydrogens (tertiary/aromatic N) is 1. The first kappa shape index (κ1) is 22.6. The molecule has 0 aliphatic heterocycles. The van der Waals surface area contributed by atoms with E-state index in [0.717, 1.165) is 60.9 Å². The molecule has 164 valence electrons. The zero-order chi connectivity index (χ0) is 21.6. The lowest BCUT2D eigenvalue weighted by Gasteiger charge is -2.36. The Bertz CT molecular complexity index is 833. The second-order valence-corrected chi connectivity index (χ2v) is 9.54. The van der Waals surface area contributed by atoms with Gasteiger partial charge in [-0.2, -0.15) is 0 Å². The van der Waals surface area contributed by atoms with Crippen LogP contribution in [-0.4, -0.2) is 24.2 Å². The van der Waals surface area contributed by atoms with Gasteiger partial charge in [0, 0.05) is 31.1 Å². The van der Waals surface area contributed by atoms with Crippen molar-refractivity contribution < 1.29 is 9.47 Å². The molecule has 0 unspecified atom stereocenters. The number of fused-ring (bicyclic) bond motifs is 1. The van der Waals surface area contributed by atoms with Gasteiger partial charge in [-0.1, -0.05) is 33.4 Å². The highest BCUT2D eigenvalue weighted by Gasteiger charge is 2.30. The molecule has 0 radical (unpaired) electrons. The van der Waals surface area contributed by atoms with Gasteiger partial charge in [0.15, 0.2) is 0 Å². The lowest BCUT2D eigenvalue weighted by atomic mass is 9.72. The fourth-order valence-electron chi connectivity index (χ4n) is 4.30. The first-order valence-electron chi connectivity index (χ1n) is 11.4. The van der Waals surface area contributed by atoms with E-state index in [4.69, 9.17) is 9.47 Å². The van der Waals surface area contributed by atoms with Gasteiger partial charge in [-0.05, 0) is 67.5 Å². The Balaban J connectivity index is 1.51. The normalized spacial score (nSPS) is 19.6. The SMILES string of the molecule is C=C(CCNCc1cc2ccc(OC3CCC(C(C)(C)C)CC3)cc2cn1)OCC. The third-order valence-corrected chi connectivity index (χ3v) is 6.19. The second-order valence-electron chi connectivity index (χ2n) is 9.54. The summed E-state index contributed by atoms with van der Waals surface area (Å²) in [5, 5.41) is 5.73. The van der Waals surface area contributed by atoms with Crippen LogP contribution >= 0.6 is 0 Å². The van der Waals surface area contributed by atoms with Gasteiger partial charge in [0.05, 0.1) is 24.2 Å². The number of nitrogens with one attached hydrogen (secondary N) is 1. The van der Waals surface area contributed by atoms with Crippen molar-refractivity contribution in [2.75, 3.05) is 13.2 Å². The first-order chi connectivity index (χ1) is 14.3. The Kier molecular flexibility index (Phi) is 7.76. The molecule has 2 aromatic rings. The van der Waals surface area contributed by atoms with E-state index in [9.17, 15) is 0 Å². The van der Waals surface area contributed by atoms with Gasteiger partial charge < -0.3 is 14.8 Å². The van der Waals surface area contributed by atoms with Crippen molar-refractivity contribution in [1.29, 1.82) is 0 Å². The third kappa shape index (κ3) is 6.46. The summed E-state index contributed by atoms with van der Waals surface area (Å²) < 4.78 is 11.7. The van der Waals surface area contributed by atoms with Crippen LogP contribution in [0.3, 0.4) is 0 Å². The minimum absolute atomic E-state index is 0.337. The highest BCUT2D eigenvalue weighted by Crippen LogP contribution is 2.38. The van der Waals surface area contributed by atoms with Gasteiger partial charge >= 0.3 is 0 Å². The molecule has 1 N–H and O–H groups in total. The molecule has 1 aliphatic carbocycles. The number of aromatic nitrogens is 1. The van der Waals surface area contributed by atoms with Crippen LogP contribution in [0.1, 0.15) is 65.5 Å². The van der Waals surface area contributed by atoms with Gasteiger partial charge in [0.1, 0.15) is 5.75 Å². The van der Waals surface area contributed by atoms with E-state index in [-0.39, 0.29) is 0 Å². The van der Waals surface area contributed by atoms with Gasteiger partial charge in [0.25, 0.3) is 0 Å². The van der Waals surface area contributed by atoms with Crippen LogP contribution in [0, 0.1) is 11.3 Å². The van der Waals surface area contributed by atoms with Crippen LogP contribution in [0.15, 0.2) is 42.8 Å². The molecular weight excluding hydrogens is 372 g/mol. The lowest BCUT2D eigenvalue weighted by molar-refractivity contribution is 0.0883. The fraction of sp³-hybridized carbons (Fsp3) is 0.577. The van der Waals surface area contributed by atoms with Crippen molar-refractivity contribution in [2.45, 2.75) is 72.4 Å². The van der Waals surface area contributed by atoms with E-state index in [1.54, 1.807) is 0 Å². The van der Waals surface area contributed by atoms with Crippen LogP contribution < -0.4 is 10.1 Å². The molecule has 4 nitrogen and oxygen atoms in total. The Labute approximate surface area is 182 Å². The van der Waals surface area contributed by atoms with Gasteiger partial charge in [-0.25, -0.2) is 0 Å². The minimum Gasteiger partial charge on any atom is -0.499 e. The fourth-order valence-corrected chi connectivity index (χ4v) is 4.30. The highest BCUT2D eigenvalue weighted by atomic mass is 16.5. The maximum Gasteiger partial charge on any atom is 0.120 e. The summed E-state index contributed by atoms with van der Waals surface area (Å²) in [5.41, 5.74) is 1.45. The second kappa shape index (κ2) is 10.3. The third-order valence-electron chi connectivity index (χ3n) is 6.19. The number of benzene rings is 1. The van der Waals surface area contributed by atoms with Crippen molar-refractivity contribution in [3.05, 3.63) is 48.5 Å². The summed E-state index contributed by atoms with van der Waals surface area (Å²) in [7, 11) is 0. The number of pyridine rings is 1. The predicted molar refractivity (Wildman–Crippen MR) is 125 cm³/mol. The minimum atomic E-state index is 0.337. The molecule has 0 amide bonds. The molecule has 4 heteroatoms. The quantitative estimate of drug-likeness (QED) is 0.392. The molecule has 3 rings (SSSR count). The number of hydrogen-bond acceptors (Lipinski definition) is 4. The van der Waals surface area contributed by atoms with E-state index in [0.29, 0.717) is 18.1 Å². The van der Waals surface area contributed by atoms with Crippen LogP contribution in [0.4, 0.5) is 0 Å². The molecule has 1 aromatic carbocycles. The molecule has 0 bridgehead atoms. The monoisotopic (exact) mass is 410 g/mol.